The summed E-state index contributed by atoms with van der Waals surface area (Å²) in [6.07, 6.45) is -3.75. The number of alkyl halides is 3. The molecule has 1 heterocycles. The molecule has 1 unspecified atom stereocenters. The molecule has 1 N–H and O–H groups in total. The fourth-order valence-electron chi connectivity index (χ4n) is 3.94. The Labute approximate surface area is 192 Å². The molecule has 0 bridgehead atoms. The predicted molar refractivity (Wildman–Crippen MR) is 116 cm³/mol. The Morgan fingerprint density at radius 3 is 2.52 bits per heavy atom. The minimum Gasteiger partial charge on any atom is -0.494 e. The first kappa shape index (κ1) is 23.9. The number of rotatable bonds is 6. The molecule has 168 valence electrons. The smallest absolute Gasteiger partial charge is 0.417 e. The fourth-order valence-corrected chi connectivity index (χ4v) is 4.55. The molecule has 0 aliphatic carbocycles. The number of nitrogens with zero attached hydrogens (tertiary/aromatic N) is 1. The molecule has 1 saturated heterocycles. The van der Waals surface area contributed by atoms with Crippen LogP contribution in [-0.2, 0) is 11.0 Å². The molecule has 0 radical (unpaired) electrons. The molecular weight excluding hydrogens is 499 g/mol. The number of piperidine rings is 1. The molecule has 4 nitrogen and oxygen atoms in total. The van der Waals surface area contributed by atoms with Crippen LogP contribution in [-0.4, -0.2) is 35.7 Å². The number of carbonyl (C=O) groups is 1. The van der Waals surface area contributed by atoms with E-state index in [0.717, 1.165) is 10.5 Å². The molecule has 1 aliphatic heterocycles. The molecule has 0 saturated carbocycles. The number of aliphatic carboxylic acids is 1. The van der Waals surface area contributed by atoms with Crippen LogP contribution in [0.5, 0.6) is 5.75 Å². The van der Waals surface area contributed by atoms with E-state index in [-0.39, 0.29) is 5.02 Å². The monoisotopic (exact) mass is 519 g/mol. The largest absolute Gasteiger partial charge is 0.494 e. The number of carboxylic acids is 1. The summed E-state index contributed by atoms with van der Waals surface area (Å²) in [5, 5.41) is 8.96. The highest BCUT2D eigenvalue weighted by Gasteiger charge is 2.36. The van der Waals surface area contributed by atoms with Gasteiger partial charge in [0.2, 0.25) is 0 Å². The van der Waals surface area contributed by atoms with E-state index in [2.05, 4.69) is 15.9 Å². The van der Waals surface area contributed by atoms with Gasteiger partial charge in [0.25, 0.3) is 0 Å². The van der Waals surface area contributed by atoms with Gasteiger partial charge in [-0.05, 0) is 68.8 Å². The van der Waals surface area contributed by atoms with E-state index < -0.39 is 29.7 Å². The second kappa shape index (κ2) is 9.79. The number of carboxylic acid groups (broad SMARTS) is 1. The quantitative estimate of drug-likeness (QED) is 0.478. The van der Waals surface area contributed by atoms with Crippen LogP contribution in [0.1, 0.15) is 42.5 Å². The zero-order valence-electron chi connectivity index (χ0n) is 16.8. The summed E-state index contributed by atoms with van der Waals surface area (Å²) >= 11 is 9.29. The van der Waals surface area contributed by atoms with Crippen molar-refractivity contribution in [1.29, 1.82) is 0 Å². The maximum atomic E-state index is 13.5. The molecule has 0 amide bonds. The first-order valence-corrected chi connectivity index (χ1v) is 11.0. The molecule has 1 aliphatic rings. The Hall–Kier alpha value is -1.77. The Kier molecular flexibility index (Phi) is 7.55. The van der Waals surface area contributed by atoms with Crippen molar-refractivity contribution in [2.45, 2.75) is 32.0 Å². The topological polar surface area (TPSA) is 49.8 Å². The van der Waals surface area contributed by atoms with Crippen LogP contribution in [0, 0.1) is 5.92 Å². The summed E-state index contributed by atoms with van der Waals surface area (Å²) in [5.41, 5.74) is 0.232. The van der Waals surface area contributed by atoms with Crippen LogP contribution >= 0.6 is 27.5 Å². The van der Waals surface area contributed by atoms with E-state index in [1.165, 1.54) is 6.07 Å². The molecule has 3 rings (SSSR count). The molecular formula is C22H22BrClF3NO3. The average molecular weight is 521 g/mol. The second-order valence-corrected chi connectivity index (χ2v) is 8.73. The Morgan fingerprint density at radius 2 is 1.94 bits per heavy atom. The first-order valence-electron chi connectivity index (χ1n) is 9.87. The fraction of sp³-hybridized carbons (Fsp3) is 0.409. The lowest BCUT2D eigenvalue weighted by Gasteiger charge is -2.38. The van der Waals surface area contributed by atoms with Gasteiger partial charge in [-0.3, -0.25) is 9.69 Å². The number of hydrogen-bond donors (Lipinski definition) is 1. The van der Waals surface area contributed by atoms with Crippen molar-refractivity contribution in [2.24, 2.45) is 5.92 Å². The van der Waals surface area contributed by atoms with E-state index in [9.17, 15) is 23.1 Å². The lowest BCUT2D eigenvalue weighted by Crippen LogP contribution is -2.39. The Balaban J connectivity index is 2.11. The summed E-state index contributed by atoms with van der Waals surface area (Å²) in [5.74, 6) is -0.735. The minimum atomic E-state index is -4.59. The van der Waals surface area contributed by atoms with Crippen molar-refractivity contribution < 1.29 is 27.8 Å². The van der Waals surface area contributed by atoms with Crippen molar-refractivity contribution in [2.75, 3.05) is 19.7 Å². The normalized spacial score (nSPS) is 16.8. The van der Waals surface area contributed by atoms with Gasteiger partial charge in [-0.25, -0.2) is 0 Å². The SMILES string of the molecule is CCOc1ccc(Br)cc1C(c1ccc(Cl)c(C(F)(F)F)c1)N1CCC(C(=O)O)CC1. The lowest BCUT2D eigenvalue weighted by atomic mass is 9.90. The van der Waals surface area contributed by atoms with Crippen molar-refractivity contribution >= 4 is 33.5 Å². The summed E-state index contributed by atoms with van der Waals surface area (Å²) < 4.78 is 47.2. The van der Waals surface area contributed by atoms with Crippen molar-refractivity contribution in [3.63, 3.8) is 0 Å². The third-order valence-corrected chi connectivity index (χ3v) is 6.24. The standard InChI is InChI=1S/C22H22BrClF3NO3/c1-2-31-19-6-4-15(23)12-16(19)20(28-9-7-13(8-10-28)21(29)30)14-3-5-18(24)17(11-14)22(25,26)27/h3-6,11-13,20H,2,7-10H2,1H3,(H,29,30). The van der Waals surface area contributed by atoms with Crippen LogP contribution < -0.4 is 4.74 Å². The lowest BCUT2D eigenvalue weighted by molar-refractivity contribution is -0.143. The van der Waals surface area contributed by atoms with E-state index in [4.69, 9.17) is 16.3 Å². The average Bonchev–Trinajstić information content (AvgIpc) is 2.71. The Morgan fingerprint density at radius 1 is 1.26 bits per heavy atom. The summed E-state index contributed by atoms with van der Waals surface area (Å²) in [4.78, 5) is 13.4. The summed E-state index contributed by atoms with van der Waals surface area (Å²) in [6, 6.07) is 8.79. The van der Waals surface area contributed by atoms with Crippen LogP contribution in [0.15, 0.2) is 40.9 Å². The van der Waals surface area contributed by atoms with Gasteiger partial charge in [-0.2, -0.15) is 13.2 Å². The summed E-state index contributed by atoms with van der Waals surface area (Å²) in [6.45, 7) is 3.10. The van der Waals surface area contributed by atoms with E-state index in [0.29, 0.717) is 49.4 Å². The van der Waals surface area contributed by atoms with Gasteiger partial charge < -0.3 is 9.84 Å². The molecule has 1 atom stereocenters. The van der Waals surface area contributed by atoms with Gasteiger partial charge in [-0.15, -0.1) is 0 Å². The second-order valence-electron chi connectivity index (χ2n) is 7.40. The molecule has 2 aromatic rings. The number of hydrogen-bond acceptors (Lipinski definition) is 3. The Bertz CT molecular complexity index is 946. The predicted octanol–water partition coefficient (Wildman–Crippen LogP) is 6.41. The molecule has 0 spiro atoms. The summed E-state index contributed by atoms with van der Waals surface area (Å²) in [7, 11) is 0. The molecule has 1 fully saturated rings. The third kappa shape index (κ3) is 5.54. The highest BCUT2D eigenvalue weighted by molar-refractivity contribution is 9.10. The highest BCUT2D eigenvalue weighted by Crippen LogP contribution is 2.42. The van der Waals surface area contributed by atoms with E-state index in [1.54, 1.807) is 12.1 Å². The van der Waals surface area contributed by atoms with Gasteiger partial charge in [0.05, 0.1) is 29.2 Å². The molecule has 0 aromatic heterocycles. The third-order valence-electron chi connectivity index (χ3n) is 5.42. The zero-order chi connectivity index (χ0) is 22.8. The van der Waals surface area contributed by atoms with Crippen LogP contribution in [0.4, 0.5) is 13.2 Å². The highest BCUT2D eigenvalue weighted by atomic mass is 79.9. The van der Waals surface area contributed by atoms with Gasteiger partial charge in [-0.1, -0.05) is 33.6 Å². The van der Waals surface area contributed by atoms with Gasteiger partial charge in [0.15, 0.2) is 0 Å². The van der Waals surface area contributed by atoms with Crippen LogP contribution in [0.25, 0.3) is 0 Å². The van der Waals surface area contributed by atoms with Crippen LogP contribution in [0.2, 0.25) is 5.02 Å². The van der Waals surface area contributed by atoms with Gasteiger partial charge >= 0.3 is 12.1 Å². The first-order chi connectivity index (χ1) is 14.6. The van der Waals surface area contributed by atoms with Gasteiger partial charge in [0.1, 0.15) is 5.75 Å². The maximum absolute atomic E-state index is 13.5. The van der Waals surface area contributed by atoms with Crippen LogP contribution in [0.3, 0.4) is 0 Å². The maximum Gasteiger partial charge on any atom is 0.417 e. The molecule has 2 aromatic carbocycles. The van der Waals surface area contributed by atoms with Crippen molar-refractivity contribution in [3.05, 3.63) is 62.6 Å². The number of ether oxygens (including phenoxy) is 1. The zero-order valence-corrected chi connectivity index (χ0v) is 19.1. The van der Waals surface area contributed by atoms with Crippen molar-refractivity contribution in [3.8, 4) is 5.75 Å². The minimum absolute atomic E-state index is 0.362. The number of benzene rings is 2. The number of likely N-dealkylation sites (tertiary alicyclic amines) is 1. The van der Waals surface area contributed by atoms with E-state index in [1.807, 2.05) is 24.0 Å². The number of halogens is 5. The molecule has 9 heteroatoms. The van der Waals surface area contributed by atoms with Crippen molar-refractivity contribution in [1.82, 2.24) is 4.90 Å². The van der Waals surface area contributed by atoms with E-state index >= 15 is 0 Å². The van der Waals surface area contributed by atoms with Gasteiger partial charge in [0, 0.05) is 10.0 Å². The molecule has 31 heavy (non-hydrogen) atoms.